The van der Waals surface area contributed by atoms with Crippen molar-refractivity contribution in [2.75, 3.05) is 20.2 Å². The number of benzene rings is 1. The van der Waals surface area contributed by atoms with Crippen LogP contribution < -0.4 is 9.47 Å². The van der Waals surface area contributed by atoms with E-state index in [1.54, 1.807) is 0 Å². The lowest BCUT2D eigenvalue weighted by Crippen LogP contribution is -2.59. The Morgan fingerprint density at radius 3 is 3.04 bits per heavy atom. The van der Waals surface area contributed by atoms with Crippen molar-refractivity contribution < 1.29 is 14.3 Å². The van der Waals surface area contributed by atoms with Crippen molar-refractivity contribution >= 4 is 5.97 Å². The van der Waals surface area contributed by atoms with Crippen LogP contribution in [0.3, 0.4) is 0 Å². The van der Waals surface area contributed by atoms with Gasteiger partial charge < -0.3 is 14.4 Å². The highest BCUT2D eigenvalue weighted by Crippen LogP contribution is 2.58. The highest BCUT2D eigenvalue weighted by Gasteiger charge is 2.57. The largest absolute Gasteiger partial charge is 0.488 e. The number of carbonyl (C=O) groups excluding carboxylic acids is 1. The van der Waals surface area contributed by atoms with E-state index >= 15 is 0 Å². The van der Waals surface area contributed by atoms with Crippen molar-refractivity contribution in [3.8, 4) is 11.5 Å². The number of fused-ring (bicyclic) bond motifs is 1. The van der Waals surface area contributed by atoms with Gasteiger partial charge in [0.25, 0.3) is 0 Å². The van der Waals surface area contributed by atoms with Gasteiger partial charge in [-0.1, -0.05) is 19.4 Å². The molecule has 3 aliphatic rings. The van der Waals surface area contributed by atoms with Gasteiger partial charge in [-0.3, -0.25) is 4.79 Å². The molecule has 0 amide bonds. The summed E-state index contributed by atoms with van der Waals surface area (Å²) < 4.78 is 11.6. The molecule has 1 fully saturated rings. The lowest BCUT2D eigenvalue weighted by Gasteiger charge is -2.53. The van der Waals surface area contributed by atoms with E-state index in [2.05, 4.69) is 24.9 Å². The predicted molar refractivity (Wildman–Crippen MR) is 88.1 cm³/mol. The van der Waals surface area contributed by atoms with Gasteiger partial charge in [-0.05, 0) is 50.4 Å². The summed E-state index contributed by atoms with van der Waals surface area (Å²) in [4.78, 5) is 13.9. The molecule has 1 spiro atoms. The van der Waals surface area contributed by atoms with E-state index in [1.165, 1.54) is 30.9 Å². The first-order valence-electron chi connectivity index (χ1n) is 8.74. The van der Waals surface area contributed by atoms with Crippen molar-refractivity contribution in [1.29, 1.82) is 0 Å². The average Bonchev–Trinajstić information content (AvgIpc) is 2.89. The summed E-state index contributed by atoms with van der Waals surface area (Å²) in [6.45, 7) is 5.57. The Kier molecular flexibility index (Phi) is 3.41. The van der Waals surface area contributed by atoms with Gasteiger partial charge in [-0.15, -0.1) is 0 Å². The number of nitrogens with zero attached hydrogens (tertiary/aromatic N) is 1. The summed E-state index contributed by atoms with van der Waals surface area (Å²) in [7, 11) is 2.26. The monoisotopic (exact) mass is 315 g/mol. The summed E-state index contributed by atoms with van der Waals surface area (Å²) in [5.74, 6) is 1.78. The fourth-order valence-electron chi connectivity index (χ4n) is 5.17. The van der Waals surface area contributed by atoms with Crippen LogP contribution in [0.4, 0.5) is 0 Å². The average molecular weight is 315 g/mol. The van der Waals surface area contributed by atoms with Crippen molar-refractivity contribution in [2.45, 2.75) is 51.0 Å². The number of carbonyl (C=O) groups is 1. The third-order valence-electron chi connectivity index (χ3n) is 6.11. The second-order valence-electron chi connectivity index (χ2n) is 7.36. The Bertz CT molecular complexity index is 656. The van der Waals surface area contributed by atoms with E-state index in [-0.39, 0.29) is 11.4 Å². The zero-order valence-corrected chi connectivity index (χ0v) is 14.2. The molecule has 124 valence electrons. The summed E-state index contributed by atoms with van der Waals surface area (Å²) in [6, 6.07) is 4.66. The third-order valence-corrected chi connectivity index (χ3v) is 6.11. The minimum absolute atomic E-state index is 0.117. The van der Waals surface area contributed by atoms with Gasteiger partial charge in [0.15, 0.2) is 11.5 Å². The van der Waals surface area contributed by atoms with Crippen molar-refractivity contribution in [2.24, 2.45) is 5.92 Å². The minimum atomic E-state index is -0.284. The number of hydrogen-bond donors (Lipinski definition) is 0. The van der Waals surface area contributed by atoms with Crippen LogP contribution in [0.25, 0.3) is 0 Å². The SMILES string of the molecule is CCC[C@H]1C2Cc3ccc(OC(C)=O)c4c3[C@]1(CCN2C)CO4. The molecule has 23 heavy (non-hydrogen) atoms. The van der Waals surface area contributed by atoms with Crippen molar-refractivity contribution in [1.82, 2.24) is 4.90 Å². The smallest absolute Gasteiger partial charge is 0.308 e. The summed E-state index contributed by atoms with van der Waals surface area (Å²) in [5, 5.41) is 0. The molecule has 2 aliphatic heterocycles. The highest BCUT2D eigenvalue weighted by atomic mass is 16.6. The molecule has 3 atom stereocenters. The van der Waals surface area contributed by atoms with Crippen LogP contribution in [0.15, 0.2) is 12.1 Å². The van der Waals surface area contributed by atoms with Gasteiger partial charge in [0.1, 0.15) is 0 Å². The number of esters is 1. The van der Waals surface area contributed by atoms with E-state index in [1.807, 2.05) is 6.07 Å². The molecule has 0 radical (unpaired) electrons. The number of likely N-dealkylation sites (tertiary alicyclic amines) is 1. The lowest BCUT2D eigenvalue weighted by atomic mass is 9.57. The van der Waals surface area contributed by atoms with E-state index in [4.69, 9.17) is 9.47 Å². The third kappa shape index (κ3) is 2.04. The Hall–Kier alpha value is -1.55. The molecule has 4 heteroatoms. The first-order valence-corrected chi connectivity index (χ1v) is 8.74. The first-order chi connectivity index (χ1) is 11.1. The molecule has 0 aromatic heterocycles. The van der Waals surface area contributed by atoms with E-state index in [9.17, 15) is 4.79 Å². The van der Waals surface area contributed by atoms with Crippen molar-refractivity contribution in [3.63, 3.8) is 0 Å². The number of ether oxygens (including phenoxy) is 2. The molecule has 1 aliphatic carbocycles. The maximum atomic E-state index is 11.4. The Morgan fingerprint density at radius 1 is 1.48 bits per heavy atom. The fraction of sp³-hybridized carbons (Fsp3) is 0.632. The molecular formula is C19H25NO3. The van der Waals surface area contributed by atoms with Gasteiger partial charge in [-0.2, -0.15) is 0 Å². The molecule has 1 aromatic rings. The van der Waals surface area contributed by atoms with E-state index in [0.29, 0.717) is 17.7 Å². The van der Waals surface area contributed by atoms with Gasteiger partial charge in [-0.25, -0.2) is 0 Å². The molecule has 1 saturated heterocycles. The van der Waals surface area contributed by atoms with Crippen molar-refractivity contribution in [3.05, 3.63) is 23.3 Å². The molecule has 2 heterocycles. The summed E-state index contributed by atoms with van der Waals surface area (Å²) >= 11 is 0. The van der Waals surface area contributed by atoms with Crippen LogP contribution in [-0.4, -0.2) is 37.1 Å². The molecule has 1 unspecified atom stereocenters. The zero-order chi connectivity index (χ0) is 16.2. The van der Waals surface area contributed by atoms with Crippen LogP contribution in [0, 0.1) is 5.92 Å². The Morgan fingerprint density at radius 2 is 2.30 bits per heavy atom. The Balaban J connectivity index is 1.86. The van der Waals surface area contributed by atoms with Crippen LogP contribution in [0.2, 0.25) is 0 Å². The van der Waals surface area contributed by atoms with Gasteiger partial charge in [0.2, 0.25) is 0 Å². The maximum absolute atomic E-state index is 11.4. The van der Waals surface area contributed by atoms with Gasteiger partial charge in [0.05, 0.1) is 6.61 Å². The van der Waals surface area contributed by atoms with E-state index in [0.717, 1.165) is 31.7 Å². The normalized spacial score (nSPS) is 31.4. The molecule has 2 bridgehead atoms. The zero-order valence-electron chi connectivity index (χ0n) is 14.2. The summed E-state index contributed by atoms with van der Waals surface area (Å²) in [6.07, 6.45) is 4.64. The second-order valence-corrected chi connectivity index (χ2v) is 7.36. The highest BCUT2D eigenvalue weighted by molar-refractivity contribution is 5.72. The molecule has 1 aromatic carbocycles. The molecule has 0 saturated carbocycles. The summed E-state index contributed by atoms with van der Waals surface area (Å²) in [5.41, 5.74) is 2.85. The Labute approximate surface area is 137 Å². The van der Waals surface area contributed by atoms with Crippen LogP contribution >= 0.6 is 0 Å². The van der Waals surface area contributed by atoms with E-state index < -0.39 is 0 Å². The first kappa shape index (κ1) is 15.0. The maximum Gasteiger partial charge on any atom is 0.308 e. The predicted octanol–water partition coefficient (Wildman–Crippen LogP) is 2.92. The fourth-order valence-corrected chi connectivity index (χ4v) is 5.17. The number of likely N-dealkylation sites (N-methyl/N-ethyl adjacent to an activating group) is 1. The number of hydrogen-bond acceptors (Lipinski definition) is 4. The quantitative estimate of drug-likeness (QED) is 0.635. The number of rotatable bonds is 3. The lowest BCUT2D eigenvalue weighted by molar-refractivity contribution is -0.132. The molecule has 0 N–H and O–H groups in total. The minimum Gasteiger partial charge on any atom is -0.488 e. The standard InChI is InChI=1S/C19H25NO3/c1-4-5-14-15-10-13-6-7-16(23-12(2)21)18-17(13)19(14,11-22-18)8-9-20(15)3/h6-7,14-15H,4-5,8-11H2,1-3H3/t14-,15?,19+/m0/s1. The topological polar surface area (TPSA) is 38.8 Å². The van der Waals surface area contributed by atoms with Gasteiger partial charge >= 0.3 is 5.97 Å². The van der Waals surface area contributed by atoms with Crippen LogP contribution in [0.5, 0.6) is 11.5 Å². The molecule has 4 nitrogen and oxygen atoms in total. The second kappa shape index (κ2) is 5.23. The van der Waals surface area contributed by atoms with Crippen LogP contribution in [0.1, 0.15) is 44.2 Å². The van der Waals surface area contributed by atoms with Crippen LogP contribution in [-0.2, 0) is 16.6 Å². The molecule has 4 rings (SSSR count). The molecular weight excluding hydrogens is 290 g/mol. The van der Waals surface area contributed by atoms with Gasteiger partial charge in [0, 0.05) is 23.9 Å². The number of piperidine rings is 1.